The molecule has 2 rings (SSSR count). The monoisotopic (exact) mass is 299 g/mol. The molecule has 6 heteroatoms. The summed E-state index contributed by atoms with van der Waals surface area (Å²) in [4.78, 5) is 0. The molecular weight excluding hydrogens is 286 g/mol. The van der Waals surface area contributed by atoms with Gasteiger partial charge in [0.2, 0.25) is 0 Å². The van der Waals surface area contributed by atoms with Gasteiger partial charge in [-0.3, -0.25) is 0 Å². The van der Waals surface area contributed by atoms with Crippen molar-refractivity contribution >= 4 is 21.4 Å². The first kappa shape index (κ1) is 14.3. The van der Waals surface area contributed by atoms with Crippen molar-refractivity contribution in [3.63, 3.8) is 0 Å². The van der Waals surface area contributed by atoms with Crippen LogP contribution in [0.4, 0.5) is 0 Å². The second kappa shape index (κ2) is 4.78. The van der Waals surface area contributed by atoms with Gasteiger partial charge in [-0.25, -0.2) is 8.42 Å². The molecule has 19 heavy (non-hydrogen) atoms. The average Bonchev–Trinajstić information content (AvgIpc) is 3.10. The molecule has 0 spiro atoms. The summed E-state index contributed by atoms with van der Waals surface area (Å²) in [6, 6.07) is 8.72. The normalized spacial score (nSPS) is 29.8. The van der Waals surface area contributed by atoms with Crippen LogP contribution < -0.4 is 0 Å². The molecule has 1 saturated carbocycles. The number of aliphatic hydroxyl groups excluding tert-OH is 1. The molecule has 102 valence electrons. The zero-order chi connectivity index (χ0) is 14.3. The van der Waals surface area contributed by atoms with Crippen molar-refractivity contribution in [2.75, 3.05) is 12.4 Å². The van der Waals surface area contributed by atoms with Crippen LogP contribution in [0, 0.1) is 16.7 Å². The first-order valence-corrected chi connectivity index (χ1v) is 8.01. The van der Waals surface area contributed by atoms with Crippen LogP contribution in [0.25, 0.3) is 0 Å². The standard InChI is InChI=1S/C13H14ClNO3S/c1-2-19(17,18)12-11(13(12,7-15)8-16)9-3-5-10(14)6-4-9/h3-6,11-12,16H,2,8H2,1H3/t11-,12+,13-/m0/s1. The fraction of sp³-hybridized carbons (Fsp3) is 0.462. The smallest absolute Gasteiger partial charge is 0.155 e. The Bertz CT molecular complexity index is 620. The SMILES string of the molecule is CCS(=O)(=O)[C@@H]1[C@H](c2ccc(Cl)cc2)[C@]1(C#N)CO. The molecule has 4 nitrogen and oxygen atoms in total. The first-order valence-electron chi connectivity index (χ1n) is 5.92. The van der Waals surface area contributed by atoms with E-state index >= 15 is 0 Å². The topological polar surface area (TPSA) is 78.2 Å². The minimum absolute atomic E-state index is 0.0365. The maximum atomic E-state index is 12.1. The number of sulfone groups is 1. The minimum atomic E-state index is -3.38. The van der Waals surface area contributed by atoms with Crippen LogP contribution >= 0.6 is 11.6 Å². The summed E-state index contributed by atoms with van der Waals surface area (Å²) in [5.74, 6) is -0.518. The second-order valence-corrected chi connectivity index (χ2v) is 7.56. The predicted octanol–water partition coefficient (Wildman–Crippen LogP) is 1.74. The van der Waals surface area contributed by atoms with Crippen molar-refractivity contribution in [2.45, 2.75) is 18.1 Å². The van der Waals surface area contributed by atoms with Crippen molar-refractivity contribution in [1.82, 2.24) is 0 Å². The molecule has 0 bridgehead atoms. The van der Waals surface area contributed by atoms with Gasteiger partial charge in [-0.15, -0.1) is 0 Å². The lowest BCUT2D eigenvalue weighted by molar-refractivity contribution is 0.242. The summed E-state index contributed by atoms with van der Waals surface area (Å²) in [6.07, 6.45) is 0. The van der Waals surface area contributed by atoms with Gasteiger partial charge in [0.15, 0.2) is 9.84 Å². The Kier molecular flexibility index (Phi) is 3.61. The van der Waals surface area contributed by atoms with E-state index in [0.29, 0.717) is 5.02 Å². The highest BCUT2D eigenvalue weighted by molar-refractivity contribution is 7.92. The largest absolute Gasteiger partial charge is 0.395 e. The summed E-state index contributed by atoms with van der Waals surface area (Å²) < 4.78 is 24.1. The number of halogens is 1. The van der Waals surface area contributed by atoms with Crippen LogP contribution in [0.15, 0.2) is 24.3 Å². The third kappa shape index (κ3) is 2.14. The van der Waals surface area contributed by atoms with Crippen molar-refractivity contribution in [3.05, 3.63) is 34.9 Å². The molecule has 0 heterocycles. The van der Waals surface area contributed by atoms with Crippen LogP contribution in [-0.4, -0.2) is 31.1 Å². The Morgan fingerprint density at radius 1 is 1.42 bits per heavy atom. The molecule has 0 saturated heterocycles. The van der Waals surface area contributed by atoms with Crippen molar-refractivity contribution in [1.29, 1.82) is 5.26 Å². The molecule has 0 radical (unpaired) electrons. The van der Waals surface area contributed by atoms with E-state index < -0.39 is 33.0 Å². The summed E-state index contributed by atoms with van der Waals surface area (Å²) >= 11 is 5.80. The molecule has 1 aromatic carbocycles. The molecule has 1 aliphatic carbocycles. The first-order chi connectivity index (χ1) is 8.93. The summed E-state index contributed by atoms with van der Waals surface area (Å²) in [5, 5.41) is 18.4. The van der Waals surface area contributed by atoms with Crippen LogP contribution in [0.3, 0.4) is 0 Å². The van der Waals surface area contributed by atoms with E-state index in [1.807, 2.05) is 6.07 Å². The maximum Gasteiger partial charge on any atom is 0.155 e. The van der Waals surface area contributed by atoms with Crippen LogP contribution in [0.5, 0.6) is 0 Å². The molecule has 0 aliphatic heterocycles. The number of nitrogens with zero attached hydrogens (tertiary/aromatic N) is 1. The molecule has 1 aliphatic rings. The van der Waals surface area contributed by atoms with Gasteiger partial charge in [-0.05, 0) is 17.7 Å². The highest BCUT2D eigenvalue weighted by Crippen LogP contribution is 2.62. The van der Waals surface area contributed by atoms with E-state index in [1.54, 1.807) is 31.2 Å². The predicted molar refractivity (Wildman–Crippen MR) is 72.6 cm³/mol. The third-order valence-corrected chi connectivity index (χ3v) is 6.27. The van der Waals surface area contributed by atoms with Gasteiger partial charge in [-0.1, -0.05) is 30.7 Å². The van der Waals surface area contributed by atoms with E-state index in [2.05, 4.69) is 0 Å². The lowest BCUT2D eigenvalue weighted by Crippen LogP contribution is -2.19. The van der Waals surface area contributed by atoms with Gasteiger partial charge >= 0.3 is 0 Å². The van der Waals surface area contributed by atoms with Gasteiger partial charge < -0.3 is 5.11 Å². The van der Waals surface area contributed by atoms with E-state index in [9.17, 15) is 18.8 Å². The van der Waals surface area contributed by atoms with Gasteiger partial charge in [0.05, 0.1) is 17.9 Å². The van der Waals surface area contributed by atoms with Crippen LogP contribution in [0.2, 0.25) is 5.02 Å². The minimum Gasteiger partial charge on any atom is -0.395 e. The van der Waals surface area contributed by atoms with Gasteiger partial charge in [0.25, 0.3) is 0 Å². The Balaban J connectivity index is 2.46. The highest BCUT2D eigenvalue weighted by Gasteiger charge is 2.71. The summed E-state index contributed by atoms with van der Waals surface area (Å²) in [7, 11) is -3.38. The van der Waals surface area contributed by atoms with Crippen molar-refractivity contribution in [3.8, 4) is 6.07 Å². The number of benzene rings is 1. The van der Waals surface area contributed by atoms with Crippen molar-refractivity contribution in [2.24, 2.45) is 5.41 Å². The fourth-order valence-electron chi connectivity index (χ4n) is 2.61. The second-order valence-electron chi connectivity index (χ2n) is 4.71. The number of rotatable bonds is 4. The van der Waals surface area contributed by atoms with Gasteiger partial charge in [0, 0.05) is 16.7 Å². The molecule has 1 fully saturated rings. The fourth-order valence-corrected chi connectivity index (χ4v) is 4.75. The Labute approximate surface area is 117 Å². The van der Waals surface area contributed by atoms with E-state index in [1.165, 1.54) is 0 Å². The average molecular weight is 300 g/mol. The molecular formula is C13H14ClNO3S. The lowest BCUT2D eigenvalue weighted by Gasteiger charge is -2.03. The number of aliphatic hydroxyl groups is 1. The van der Waals surface area contributed by atoms with Gasteiger partial charge in [0.1, 0.15) is 5.41 Å². The zero-order valence-corrected chi connectivity index (χ0v) is 11.9. The Morgan fingerprint density at radius 2 is 2.00 bits per heavy atom. The molecule has 3 atom stereocenters. The number of hydrogen-bond acceptors (Lipinski definition) is 4. The molecule has 0 amide bonds. The number of hydrogen-bond donors (Lipinski definition) is 1. The zero-order valence-electron chi connectivity index (χ0n) is 10.4. The quantitative estimate of drug-likeness (QED) is 0.918. The summed E-state index contributed by atoms with van der Waals surface area (Å²) in [6.45, 7) is 1.09. The van der Waals surface area contributed by atoms with Gasteiger partial charge in [-0.2, -0.15) is 5.26 Å². The van der Waals surface area contributed by atoms with Crippen LogP contribution in [-0.2, 0) is 9.84 Å². The van der Waals surface area contributed by atoms with Crippen LogP contribution in [0.1, 0.15) is 18.4 Å². The highest BCUT2D eigenvalue weighted by atomic mass is 35.5. The Morgan fingerprint density at radius 3 is 2.42 bits per heavy atom. The lowest BCUT2D eigenvalue weighted by atomic mass is 10.0. The molecule has 0 aromatic heterocycles. The molecule has 1 aromatic rings. The maximum absolute atomic E-state index is 12.1. The summed E-state index contributed by atoms with van der Waals surface area (Å²) in [5.41, 5.74) is -0.495. The third-order valence-electron chi connectivity index (χ3n) is 3.74. The molecule has 1 N–H and O–H groups in total. The van der Waals surface area contributed by atoms with E-state index in [0.717, 1.165) is 5.56 Å². The van der Waals surface area contributed by atoms with E-state index in [-0.39, 0.29) is 5.75 Å². The van der Waals surface area contributed by atoms with E-state index in [4.69, 9.17) is 11.6 Å². The Hall–Kier alpha value is -1.09. The molecule has 0 unspecified atom stereocenters. The number of nitriles is 1. The van der Waals surface area contributed by atoms with Crippen molar-refractivity contribution < 1.29 is 13.5 Å².